The van der Waals surface area contributed by atoms with E-state index < -0.39 is 0 Å². The lowest BCUT2D eigenvalue weighted by Gasteiger charge is -2.28. The van der Waals surface area contributed by atoms with Gasteiger partial charge >= 0.3 is 0 Å². The Morgan fingerprint density at radius 1 is 1.32 bits per heavy atom. The SMILES string of the molecule is CN1C(=O)CCc2cccc(-c3cncc(NCCO)n3)c21. The van der Waals surface area contributed by atoms with E-state index in [2.05, 4.69) is 15.3 Å². The van der Waals surface area contributed by atoms with Crippen molar-refractivity contribution in [2.75, 3.05) is 30.4 Å². The molecule has 6 nitrogen and oxygen atoms in total. The van der Waals surface area contributed by atoms with E-state index in [0.29, 0.717) is 24.5 Å². The third kappa shape index (κ3) is 2.65. The molecule has 2 heterocycles. The number of para-hydroxylation sites is 1. The Morgan fingerprint density at radius 3 is 3.00 bits per heavy atom. The van der Waals surface area contributed by atoms with Gasteiger partial charge in [-0.05, 0) is 12.0 Å². The Hall–Kier alpha value is -2.47. The number of aliphatic hydroxyl groups is 1. The van der Waals surface area contributed by atoms with Crippen LogP contribution in [0.15, 0.2) is 30.6 Å². The lowest BCUT2D eigenvalue weighted by atomic mass is 9.96. The standard InChI is InChI=1S/C16H18N4O2/c1-20-15(22)6-5-11-3-2-4-12(16(11)20)13-9-17-10-14(19-13)18-7-8-21/h2-4,9-10,21H,5-8H2,1H3,(H,18,19). The first kappa shape index (κ1) is 14.5. The van der Waals surface area contributed by atoms with Gasteiger partial charge in [-0.25, -0.2) is 4.98 Å². The Bertz CT molecular complexity index is 702. The van der Waals surface area contributed by atoms with Crippen molar-refractivity contribution in [2.24, 2.45) is 0 Å². The first-order valence-electron chi connectivity index (χ1n) is 7.26. The lowest BCUT2D eigenvalue weighted by Crippen LogP contribution is -2.31. The van der Waals surface area contributed by atoms with Crippen molar-refractivity contribution in [1.29, 1.82) is 0 Å². The number of nitrogens with zero attached hydrogens (tertiary/aromatic N) is 3. The highest BCUT2D eigenvalue weighted by Gasteiger charge is 2.24. The van der Waals surface area contributed by atoms with E-state index in [1.54, 1.807) is 24.3 Å². The van der Waals surface area contributed by atoms with Crippen LogP contribution in [0.25, 0.3) is 11.3 Å². The van der Waals surface area contributed by atoms with Crippen LogP contribution in [-0.4, -0.2) is 41.2 Å². The van der Waals surface area contributed by atoms with Crippen molar-refractivity contribution < 1.29 is 9.90 Å². The van der Waals surface area contributed by atoms with Crippen molar-refractivity contribution in [3.63, 3.8) is 0 Å². The number of hydrogen-bond donors (Lipinski definition) is 2. The Morgan fingerprint density at radius 2 is 2.18 bits per heavy atom. The van der Waals surface area contributed by atoms with Gasteiger partial charge in [0.2, 0.25) is 5.91 Å². The van der Waals surface area contributed by atoms with Crippen molar-refractivity contribution in [3.8, 4) is 11.3 Å². The summed E-state index contributed by atoms with van der Waals surface area (Å²) in [6, 6.07) is 5.98. The first-order valence-corrected chi connectivity index (χ1v) is 7.26. The van der Waals surface area contributed by atoms with Crippen LogP contribution in [-0.2, 0) is 11.2 Å². The molecule has 3 rings (SSSR count). The molecule has 0 aliphatic carbocycles. The molecule has 2 N–H and O–H groups in total. The minimum absolute atomic E-state index is 0.0316. The molecule has 2 aromatic rings. The molecule has 1 aliphatic heterocycles. The van der Waals surface area contributed by atoms with E-state index in [1.165, 1.54) is 0 Å². The number of rotatable bonds is 4. The fourth-order valence-electron chi connectivity index (χ4n) is 2.69. The average molecular weight is 298 g/mol. The van der Waals surface area contributed by atoms with E-state index in [9.17, 15) is 4.79 Å². The number of aliphatic hydroxyl groups excluding tert-OH is 1. The van der Waals surface area contributed by atoms with Crippen molar-refractivity contribution in [1.82, 2.24) is 9.97 Å². The first-order chi connectivity index (χ1) is 10.7. The van der Waals surface area contributed by atoms with Gasteiger partial charge in [0.1, 0.15) is 5.82 Å². The summed E-state index contributed by atoms with van der Waals surface area (Å²) in [7, 11) is 1.80. The van der Waals surface area contributed by atoms with Crippen molar-refractivity contribution in [2.45, 2.75) is 12.8 Å². The maximum absolute atomic E-state index is 12.0. The average Bonchev–Trinajstić information content (AvgIpc) is 2.56. The lowest BCUT2D eigenvalue weighted by molar-refractivity contribution is -0.118. The Labute approximate surface area is 128 Å². The van der Waals surface area contributed by atoms with E-state index in [1.807, 2.05) is 18.2 Å². The van der Waals surface area contributed by atoms with Crippen LogP contribution in [0, 0.1) is 0 Å². The molecule has 1 amide bonds. The predicted octanol–water partition coefficient (Wildman–Crippen LogP) is 1.46. The number of carbonyl (C=O) groups excluding carboxylic acids is 1. The topological polar surface area (TPSA) is 78.4 Å². The van der Waals surface area contributed by atoms with Gasteiger partial charge in [0, 0.05) is 25.6 Å². The quantitative estimate of drug-likeness (QED) is 0.893. The summed E-state index contributed by atoms with van der Waals surface area (Å²) >= 11 is 0. The molecule has 0 radical (unpaired) electrons. The molecular weight excluding hydrogens is 280 g/mol. The number of fused-ring (bicyclic) bond motifs is 1. The van der Waals surface area contributed by atoms with Crippen LogP contribution in [0.5, 0.6) is 0 Å². The summed E-state index contributed by atoms with van der Waals surface area (Å²) in [6.07, 6.45) is 4.59. The van der Waals surface area contributed by atoms with E-state index in [0.717, 1.165) is 23.2 Å². The van der Waals surface area contributed by atoms with Crippen molar-refractivity contribution in [3.05, 3.63) is 36.2 Å². The van der Waals surface area contributed by atoms with E-state index in [4.69, 9.17) is 5.11 Å². The zero-order valence-electron chi connectivity index (χ0n) is 12.4. The van der Waals surface area contributed by atoms with Gasteiger partial charge in [0.05, 0.1) is 30.4 Å². The highest BCUT2D eigenvalue weighted by Crippen LogP contribution is 2.36. The zero-order chi connectivity index (χ0) is 15.5. The number of aromatic nitrogens is 2. The molecule has 0 atom stereocenters. The molecule has 1 aliphatic rings. The summed E-state index contributed by atoms with van der Waals surface area (Å²) in [5, 5.41) is 11.9. The molecule has 0 spiro atoms. The maximum Gasteiger partial charge on any atom is 0.227 e. The number of nitrogens with one attached hydrogen (secondary N) is 1. The smallest absolute Gasteiger partial charge is 0.227 e. The predicted molar refractivity (Wildman–Crippen MR) is 84.8 cm³/mol. The highest BCUT2D eigenvalue weighted by molar-refractivity contribution is 6.00. The van der Waals surface area contributed by atoms with Gasteiger partial charge in [0.25, 0.3) is 0 Å². The van der Waals surface area contributed by atoms with Crippen LogP contribution in [0.2, 0.25) is 0 Å². The summed E-state index contributed by atoms with van der Waals surface area (Å²) in [5.74, 6) is 0.719. The highest BCUT2D eigenvalue weighted by atomic mass is 16.3. The molecular formula is C16H18N4O2. The van der Waals surface area contributed by atoms with Gasteiger partial charge in [0.15, 0.2) is 0 Å². The van der Waals surface area contributed by atoms with Gasteiger partial charge in [-0.3, -0.25) is 9.78 Å². The summed E-state index contributed by atoms with van der Waals surface area (Å²) < 4.78 is 0. The molecule has 0 fully saturated rings. The second-order valence-corrected chi connectivity index (χ2v) is 5.21. The molecule has 22 heavy (non-hydrogen) atoms. The molecule has 0 saturated heterocycles. The fraction of sp³-hybridized carbons (Fsp3) is 0.312. The second-order valence-electron chi connectivity index (χ2n) is 5.21. The Balaban J connectivity index is 2.04. The normalized spacial score (nSPS) is 13.9. The summed E-state index contributed by atoms with van der Waals surface area (Å²) in [6.45, 7) is 0.452. The third-order valence-corrected chi connectivity index (χ3v) is 3.77. The van der Waals surface area contributed by atoms with Gasteiger partial charge < -0.3 is 15.3 Å². The third-order valence-electron chi connectivity index (χ3n) is 3.77. The molecule has 6 heteroatoms. The maximum atomic E-state index is 12.0. The van der Waals surface area contributed by atoms with Crippen LogP contribution in [0.3, 0.4) is 0 Å². The number of hydrogen-bond acceptors (Lipinski definition) is 5. The number of amides is 1. The van der Waals surface area contributed by atoms with Gasteiger partial charge in [-0.1, -0.05) is 18.2 Å². The van der Waals surface area contributed by atoms with E-state index >= 15 is 0 Å². The largest absolute Gasteiger partial charge is 0.395 e. The molecule has 1 aromatic heterocycles. The second kappa shape index (κ2) is 6.11. The van der Waals surface area contributed by atoms with E-state index in [-0.39, 0.29) is 12.5 Å². The van der Waals surface area contributed by atoms with Gasteiger partial charge in [-0.15, -0.1) is 0 Å². The number of anilines is 2. The molecule has 1 aromatic carbocycles. The molecule has 114 valence electrons. The monoisotopic (exact) mass is 298 g/mol. The molecule has 0 unspecified atom stereocenters. The Kier molecular flexibility index (Phi) is 4.02. The summed E-state index contributed by atoms with van der Waals surface area (Å²) in [5.41, 5.74) is 3.66. The molecule has 0 saturated carbocycles. The molecule has 0 bridgehead atoms. The zero-order valence-corrected chi connectivity index (χ0v) is 12.4. The van der Waals surface area contributed by atoms with Gasteiger partial charge in [-0.2, -0.15) is 0 Å². The van der Waals surface area contributed by atoms with Crippen LogP contribution in [0.4, 0.5) is 11.5 Å². The fourth-order valence-corrected chi connectivity index (χ4v) is 2.69. The summed E-state index contributed by atoms with van der Waals surface area (Å²) in [4.78, 5) is 22.4. The van der Waals surface area contributed by atoms with Crippen LogP contribution >= 0.6 is 0 Å². The minimum Gasteiger partial charge on any atom is -0.395 e. The van der Waals surface area contributed by atoms with Crippen LogP contribution < -0.4 is 10.2 Å². The number of aryl methyl sites for hydroxylation is 1. The van der Waals surface area contributed by atoms with Crippen molar-refractivity contribution >= 4 is 17.4 Å². The minimum atomic E-state index is 0.0316. The number of benzene rings is 1. The number of carbonyl (C=O) groups is 1. The van der Waals surface area contributed by atoms with Crippen LogP contribution in [0.1, 0.15) is 12.0 Å².